The molecule has 250 valence electrons. The largest absolute Gasteiger partial charge is 1.00 e. The van der Waals surface area contributed by atoms with Crippen LogP contribution in [0.5, 0.6) is 11.5 Å². The average molecular weight is 837 g/mol. The Labute approximate surface area is 302 Å². The molecule has 0 fully saturated rings. The molecule has 12 heteroatoms. The molecule has 1 rings (SSSR count). The Morgan fingerprint density at radius 3 is 1.00 bits per heavy atom. The number of alkyl halides is 4. The summed E-state index contributed by atoms with van der Waals surface area (Å²) >= 11 is 25.2. The van der Waals surface area contributed by atoms with Crippen molar-refractivity contribution in [3.63, 3.8) is 0 Å². The zero-order chi connectivity index (χ0) is 31.2. The van der Waals surface area contributed by atoms with Crippen LogP contribution >= 0.6 is 46.4 Å². The molecule has 0 radical (unpaired) electrons. The molecular weight excluding hydrogens is 778 g/mol. The quantitative estimate of drug-likeness (QED) is 0.145. The normalized spacial score (nSPS) is 13.3. The molecule has 0 N–H and O–H groups in total. The van der Waals surface area contributed by atoms with E-state index in [4.69, 9.17) is 55.3 Å². The van der Waals surface area contributed by atoms with Gasteiger partial charge in [0.25, 0.3) is 0 Å². The minimum Gasteiger partial charge on any atom is -1.00 e. The Kier molecular flexibility index (Phi) is 19.5. The van der Waals surface area contributed by atoms with Gasteiger partial charge in [0, 0.05) is 0 Å². The first kappa shape index (κ1) is 45.4. The topological polar surface area (TPSA) is 18.5 Å². The van der Waals surface area contributed by atoms with E-state index in [0.29, 0.717) is 23.5 Å². The molecule has 0 bridgehead atoms. The molecule has 0 saturated carbocycles. The van der Waals surface area contributed by atoms with Gasteiger partial charge in [-0.3, -0.25) is 0 Å². The van der Waals surface area contributed by atoms with Crippen LogP contribution < -0.4 is 42.8 Å². The lowest BCUT2D eigenvalue weighted by molar-refractivity contribution is -0.918. The lowest BCUT2D eigenvalue weighted by Crippen LogP contribution is -3.00. The number of halogens is 6. The Morgan fingerprint density at radius 1 is 0.571 bits per heavy atom. The zero-order valence-electron chi connectivity index (χ0n) is 28.2. The van der Waals surface area contributed by atoms with E-state index in [1.807, 2.05) is 0 Å². The lowest BCUT2D eigenvalue weighted by Gasteiger charge is -2.41. The van der Waals surface area contributed by atoms with Gasteiger partial charge in [-0.05, 0) is 48.4 Å². The van der Waals surface area contributed by atoms with Crippen molar-refractivity contribution in [1.82, 2.24) is 0 Å². The van der Waals surface area contributed by atoms with E-state index in [2.05, 4.69) is 94.0 Å². The van der Waals surface area contributed by atoms with Gasteiger partial charge in [-0.15, -0.1) is 46.4 Å². The highest BCUT2D eigenvalue weighted by Gasteiger charge is 2.42. The van der Waals surface area contributed by atoms with Crippen molar-refractivity contribution in [2.75, 3.05) is 63.8 Å². The van der Waals surface area contributed by atoms with Crippen molar-refractivity contribution >= 4 is 63.0 Å². The third kappa shape index (κ3) is 13.2. The predicted octanol–water partition coefficient (Wildman–Crippen LogP) is 3.31. The SMILES string of the molecule is CC(C)(C)[Si](C)(C)Oc1cc(C[N+](C)(CCCl)CCCl)c(O[Si](C)(C)C(C)(C)C)cc1C[N+](C)(CCCl)CCCl.[Br-].[Br-]. The van der Waals surface area contributed by atoms with Gasteiger partial charge in [-0.1, -0.05) is 41.5 Å². The van der Waals surface area contributed by atoms with Gasteiger partial charge in [-0.2, -0.15) is 0 Å². The van der Waals surface area contributed by atoms with Crippen molar-refractivity contribution in [3.05, 3.63) is 23.3 Å². The van der Waals surface area contributed by atoms with Crippen LogP contribution in [-0.4, -0.2) is 89.4 Å². The summed E-state index contributed by atoms with van der Waals surface area (Å²) < 4.78 is 15.7. The fraction of sp³-hybridized carbons (Fsp3) is 0.800. The number of benzene rings is 1. The molecule has 0 aliphatic rings. The second-order valence-corrected chi connectivity index (χ2v) is 26.0. The number of hydrogen-bond acceptors (Lipinski definition) is 2. The highest BCUT2D eigenvalue weighted by atomic mass is 79.9. The maximum atomic E-state index is 7.09. The monoisotopic (exact) mass is 832 g/mol. The highest BCUT2D eigenvalue weighted by molar-refractivity contribution is 6.75. The summed E-state index contributed by atoms with van der Waals surface area (Å²) in [6.45, 7) is 27.8. The number of quaternary nitrogens is 2. The highest BCUT2D eigenvalue weighted by Crippen LogP contribution is 2.43. The van der Waals surface area contributed by atoms with Crippen LogP contribution in [0.4, 0.5) is 0 Å². The second kappa shape index (κ2) is 18.0. The van der Waals surface area contributed by atoms with Gasteiger partial charge >= 0.3 is 0 Å². The maximum Gasteiger partial charge on any atom is 0.250 e. The van der Waals surface area contributed by atoms with Gasteiger partial charge in [0.2, 0.25) is 16.6 Å². The van der Waals surface area contributed by atoms with E-state index >= 15 is 0 Å². The summed E-state index contributed by atoms with van der Waals surface area (Å²) in [5, 5.41) is 0.125. The van der Waals surface area contributed by atoms with Gasteiger partial charge in [0.1, 0.15) is 24.6 Å². The van der Waals surface area contributed by atoms with Gasteiger partial charge < -0.3 is 51.8 Å². The van der Waals surface area contributed by atoms with E-state index in [-0.39, 0.29) is 44.0 Å². The summed E-state index contributed by atoms with van der Waals surface area (Å²) in [4.78, 5) is 0. The van der Waals surface area contributed by atoms with E-state index in [1.54, 1.807) is 0 Å². The van der Waals surface area contributed by atoms with Crippen molar-refractivity contribution in [1.29, 1.82) is 0 Å². The molecule has 42 heavy (non-hydrogen) atoms. The Bertz CT molecular complexity index is 871. The van der Waals surface area contributed by atoms with Crippen molar-refractivity contribution in [2.24, 2.45) is 0 Å². The molecular formula is C30H58Br2Cl4N2O2Si2. The van der Waals surface area contributed by atoms with Crippen molar-refractivity contribution in [3.8, 4) is 11.5 Å². The molecule has 0 amide bonds. The van der Waals surface area contributed by atoms with Gasteiger partial charge in [0.15, 0.2) is 0 Å². The molecule has 0 spiro atoms. The molecule has 1 aromatic carbocycles. The van der Waals surface area contributed by atoms with Crippen LogP contribution in [0.25, 0.3) is 0 Å². The summed E-state index contributed by atoms with van der Waals surface area (Å²) in [6.07, 6.45) is 0. The fourth-order valence-corrected chi connectivity index (χ4v) is 7.84. The summed E-state index contributed by atoms with van der Waals surface area (Å²) in [5.41, 5.74) is 2.31. The van der Waals surface area contributed by atoms with E-state index in [1.165, 1.54) is 0 Å². The van der Waals surface area contributed by atoms with Crippen LogP contribution in [0.15, 0.2) is 12.1 Å². The second-order valence-electron chi connectivity index (χ2n) is 15.0. The van der Waals surface area contributed by atoms with E-state index in [9.17, 15) is 0 Å². The number of rotatable bonds is 16. The average Bonchev–Trinajstić information content (AvgIpc) is 2.75. The first-order valence-corrected chi connectivity index (χ1v) is 22.5. The first-order valence-electron chi connectivity index (χ1n) is 14.5. The molecule has 0 aromatic heterocycles. The molecule has 0 heterocycles. The minimum absolute atomic E-state index is 0. The van der Waals surface area contributed by atoms with Crippen LogP contribution in [0.2, 0.25) is 36.3 Å². The molecule has 1 aromatic rings. The van der Waals surface area contributed by atoms with Crippen molar-refractivity contribution in [2.45, 2.75) is 90.9 Å². The Morgan fingerprint density at radius 2 is 0.810 bits per heavy atom. The summed E-state index contributed by atoms with van der Waals surface area (Å²) in [7, 11) is 0.200. The molecule has 0 aliphatic carbocycles. The summed E-state index contributed by atoms with van der Waals surface area (Å²) in [5.74, 6) is 4.21. The molecule has 0 aliphatic heterocycles. The third-order valence-electron chi connectivity index (χ3n) is 9.19. The molecule has 4 nitrogen and oxygen atoms in total. The molecule has 0 saturated heterocycles. The van der Waals surface area contributed by atoms with Crippen LogP contribution in [0.1, 0.15) is 52.7 Å². The van der Waals surface area contributed by atoms with Gasteiger partial charge in [0.05, 0.1) is 74.9 Å². The zero-order valence-corrected chi connectivity index (χ0v) is 36.4. The molecule has 0 unspecified atom stereocenters. The minimum atomic E-state index is -2.13. The lowest BCUT2D eigenvalue weighted by atomic mass is 10.1. The van der Waals surface area contributed by atoms with Crippen molar-refractivity contribution < 1.29 is 51.8 Å². The van der Waals surface area contributed by atoms with E-state index in [0.717, 1.165) is 70.9 Å². The smallest absolute Gasteiger partial charge is 0.250 e. The van der Waals surface area contributed by atoms with Crippen LogP contribution in [0, 0.1) is 0 Å². The first-order chi connectivity index (χ1) is 18.1. The standard InChI is InChI=1S/C30H58Cl4N2O2Si2.2BrH/c1-29(2,3)39(9,10)37-27-21-26(24-36(8,19-15-33)20-16-34)28(38-40(11,12)30(4,5)6)22-25(27)23-35(7,17-13-31)18-14-32;;/h21-22H,13-20,23-24H2,1-12H3;2*1H/q+2;;/p-2. The number of nitrogens with zero attached hydrogens (tertiary/aromatic N) is 2. The molecule has 0 atom stereocenters. The maximum absolute atomic E-state index is 7.09. The van der Waals surface area contributed by atoms with Crippen LogP contribution in [-0.2, 0) is 13.1 Å². The van der Waals surface area contributed by atoms with E-state index < -0.39 is 16.6 Å². The predicted molar refractivity (Wildman–Crippen MR) is 184 cm³/mol. The number of hydrogen-bond donors (Lipinski definition) is 0. The fourth-order valence-electron chi connectivity index (χ4n) is 4.12. The third-order valence-corrected chi connectivity index (χ3v) is 18.5. The van der Waals surface area contributed by atoms with Gasteiger partial charge in [-0.25, -0.2) is 0 Å². The Hall–Kier alpha value is 1.29. The summed E-state index contributed by atoms with van der Waals surface area (Å²) in [6, 6.07) is 4.53. The van der Waals surface area contributed by atoms with Crippen LogP contribution in [0.3, 0.4) is 0 Å². The Balaban J connectivity index is 0.